The van der Waals surface area contributed by atoms with E-state index in [9.17, 15) is 0 Å². The second-order valence-electron chi connectivity index (χ2n) is 3.12. The Hall–Kier alpha value is -0.534. The molecule has 0 saturated carbocycles. The molecule has 1 unspecified atom stereocenters. The predicted molar refractivity (Wildman–Crippen MR) is 48.2 cm³/mol. The first kappa shape index (κ1) is 9.55. The van der Waals surface area contributed by atoms with E-state index in [2.05, 4.69) is 43.4 Å². The molecule has 0 saturated heterocycles. The van der Waals surface area contributed by atoms with Crippen LogP contribution in [-0.4, -0.2) is 0 Å². The molecule has 0 bridgehead atoms. The van der Waals surface area contributed by atoms with Gasteiger partial charge >= 0.3 is 0 Å². The first-order chi connectivity index (χ1) is 5.38. The zero-order chi connectivity index (χ0) is 7.68. The van der Waals surface area contributed by atoms with Gasteiger partial charge in [-0.2, -0.15) is 0 Å². The summed E-state index contributed by atoms with van der Waals surface area (Å²) in [7, 11) is 0. The van der Waals surface area contributed by atoms with E-state index in [1.807, 2.05) is 0 Å². The molecule has 0 N–H and O–H groups in total. The van der Waals surface area contributed by atoms with E-state index < -0.39 is 0 Å². The molecule has 65 valence electrons. The number of hydrogen-bond donors (Lipinski definition) is 0. The number of rotatable bonds is 1. The molecular formula is C11H12Co. The quantitative estimate of drug-likeness (QED) is 0.614. The average Bonchev–Trinajstić information content (AvgIpc) is 2.55. The van der Waals surface area contributed by atoms with Gasteiger partial charge in [0.15, 0.2) is 0 Å². The maximum Gasteiger partial charge on any atom is 0 e. The van der Waals surface area contributed by atoms with Gasteiger partial charge in [-0.1, -0.05) is 43.4 Å². The van der Waals surface area contributed by atoms with E-state index >= 15 is 0 Å². The fourth-order valence-electron chi connectivity index (χ4n) is 1.64. The van der Waals surface area contributed by atoms with E-state index in [1.54, 1.807) is 0 Å². The van der Waals surface area contributed by atoms with Crippen LogP contribution >= 0.6 is 0 Å². The van der Waals surface area contributed by atoms with Gasteiger partial charge in [-0.05, 0) is 23.5 Å². The van der Waals surface area contributed by atoms with Crippen molar-refractivity contribution in [3.8, 4) is 0 Å². The Morgan fingerprint density at radius 1 is 1.25 bits per heavy atom. The summed E-state index contributed by atoms with van der Waals surface area (Å²) < 4.78 is 0. The van der Waals surface area contributed by atoms with Crippen LogP contribution in [0.4, 0.5) is 0 Å². The summed E-state index contributed by atoms with van der Waals surface area (Å²) in [6.45, 7) is 2.24. The standard InChI is InChI=1S/C11H12.Co/c1-9-5-4-8-11(9)10-6-2-3-7-10;/h2-6,8-9H,7H2,1H3;. The molecule has 0 aromatic rings. The van der Waals surface area contributed by atoms with Crippen LogP contribution in [0.1, 0.15) is 13.3 Å². The Balaban J connectivity index is 0.000000720. The van der Waals surface area contributed by atoms with Gasteiger partial charge in [-0.15, -0.1) is 0 Å². The summed E-state index contributed by atoms with van der Waals surface area (Å²) in [5, 5.41) is 0. The maximum absolute atomic E-state index is 2.24. The molecule has 1 atom stereocenters. The molecular weight excluding hydrogens is 191 g/mol. The fourth-order valence-corrected chi connectivity index (χ4v) is 1.64. The molecule has 2 aliphatic carbocycles. The Morgan fingerprint density at radius 3 is 2.58 bits per heavy atom. The molecule has 0 aromatic heterocycles. The van der Waals surface area contributed by atoms with Gasteiger partial charge in [-0.3, -0.25) is 0 Å². The van der Waals surface area contributed by atoms with Crippen molar-refractivity contribution in [3.63, 3.8) is 0 Å². The van der Waals surface area contributed by atoms with Gasteiger partial charge in [0.1, 0.15) is 0 Å². The molecule has 0 nitrogen and oxygen atoms in total. The van der Waals surface area contributed by atoms with E-state index in [4.69, 9.17) is 0 Å². The summed E-state index contributed by atoms with van der Waals surface area (Å²) in [4.78, 5) is 0. The maximum atomic E-state index is 2.24. The van der Waals surface area contributed by atoms with Crippen LogP contribution in [0.25, 0.3) is 0 Å². The first-order valence-electron chi connectivity index (χ1n) is 4.12. The summed E-state index contributed by atoms with van der Waals surface area (Å²) in [6, 6.07) is 0. The second-order valence-corrected chi connectivity index (χ2v) is 3.12. The Kier molecular flexibility index (Phi) is 3.12. The summed E-state index contributed by atoms with van der Waals surface area (Å²) in [5.41, 5.74) is 2.98. The third-order valence-corrected chi connectivity index (χ3v) is 2.31. The monoisotopic (exact) mass is 203 g/mol. The van der Waals surface area contributed by atoms with Crippen molar-refractivity contribution in [2.45, 2.75) is 13.3 Å². The van der Waals surface area contributed by atoms with Crippen LogP contribution in [0, 0.1) is 5.92 Å². The van der Waals surface area contributed by atoms with E-state index in [1.165, 1.54) is 11.1 Å². The SMILES string of the molecule is CC1C=CC=C1C1=CC=CC1.[Co]. The third-order valence-electron chi connectivity index (χ3n) is 2.31. The van der Waals surface area contributed by atoms with Gasteiger partial charge < -0.3 is 0 Å². The van der Waals surface area contributed by atoms with Crippen molar-refractivity contribution in [1.82, 2.24) is 0 Å². The van der Waals surface area contributed by atoms with E-state index in [0.717, 1.165) is 6.42 Å². The third kappa shape index (κ3) is 1.62. The van der Waals surface area contributed by atoms with Crippen LogP contribution in [0.3, 0.4) is 0 Å². The summed E-state index contributed by atoms with van der Waals surface area (Å²) >= 11 is 0. The molecule has 1 radical (unpaired) electrons. The van der Waals surface area contributed by atoms with Crippen LogP contribution < -0.4 is 0 Å². The minimum atomic E-state index is 0. The average molecular weight is 203 g/mol. The van der Waals surface area contributed by atoms with Gasteiger partial charge in [0.25, 0.3) is 0 Å². The van der Waals surface area contributed by atoms with E-state index in [0.29, 0.717) is 5.92 Å². The summed E-state index contributed by atoms with van der Waals surface area (Å²) in [5.74, 6) is 0.626. The van der Waals surface area contributed by atoms with Crippen molar-refractivity contribution in [3.05, 3.63) is 47.6 Å². The second kappa shape index (κ2) is 3.92. The smallest absolute Gasteiger partial charge is 0 e. The first-order valence-corrected chi connectivity index (χ1v) is 4.12. The van der Waals surface area contributed by atoms with Crippen molar-refractivity contribution < 1.29 is 16.8 Å². The van der Waals surface area contributed by atoms with Gasteiger partial charge in [0.2, 0.25) is 0 Å². The zero-order valence-corrected chi connectivity index (χ0v) is 8.12. The predicted octanol–water partition coefficient (Wildman–Crippen LogP) is 3.00. The van der Waals surface area contributed by atoms with Crippen LogP contribution in [0.15, 0.2) is 47.6 Å². The van der Waals surface area contributed by atoms with Crippen LogP contribution in [-0.2, 0) is 16.8 Å². The van der Waals surface area contributed by atoms with Gasteiger partial charge in [0, 0.05) is 16.8 Å². The van der Waals surface area contributed by atoms with Crippen molar-refractivity contribution in [2.24, 2.45) is 5.92 Å². The molecule has 0 spiro atoms. The fraction of sp³-hybridized carbons (Fsp3) is 0.273. The number of hydrogen-bond acceptors (Lipinski definition) is 0. The zero-order valence-electron chi connectivity index (χ0n) is 7.08. The van der Waals surface area contributed by atoms with Crippen molar-refractivity contribution in [2.75, 3.05) is 0 Å². The van der Waals surface area contributed by atoms with Crippen LogP contribution in [0.5, 0.6) is 0 Å². The minimum Gasteiger partial charge on any atom is -0.0801 e. The number of allylic oxidation sites excluding steroid dienone is 8. The summed E-state index contributed by atoms with van der Waals surface area (Å²) in [6.07, 6.45) is 14.3. The van der Waals surface area contributed by atoms with Gasteiger partial charge in [0.05, 0.1) is 0 Å². The van der Waals surface area contributed by atoms with Gasteiger partial charge in [-0.25, -0.2) is 0 Å². The molecule has 1 heteroatoms. The largest absolute Gasteiger partial charge is 0.0801 e. The molecule has 2 aliphatic rings. The van der Waals surface area contributed by atoms with E-state index in [-0.39, 0.29) is 16.8 Å². The Morgan fingerprint density at radius 2 is 2.08 bits per heavy atom. The molecule has 0 heterocycles. The van der Waals surface area contributed by atoms with Crippen molar-refractivity contribution in [1.29, 1.82) is 0 Å². The molecule has 0 amide bonds. The minimum absolute atomic E-state index is 0. The Bertz CT molecular complexity index is 279. The molecule has 12 heavy (non-hydrogen) atoms. The Labute approximate surface area is 83.9 Å². The molecule has 0 fully saturated rings. The van der Waals surface area contributed by atoms with Crippen molar-refractivity contribution >= 4 is 0 Å². The topological polar surface area (TPSA) is 0 Å². The molecule has 0 aliphatic heterocycles. The van der Waals surface area contributed by atoms with Crippen LogP contribution in [0.2, 0.25) is 0 Å². The normalized spacial score (nSPS) is 25.2. The molecule has 2 rings (SSSR count). The molecule has 0 aromatic carbocycles.